The van der Waals surface area contributed by atoms with E-state index in [0.717, 1.165) is 21.2 Å². The molecule has 1 fully saturated rings. The van der Waals surface area contributed by atoms with Gasteiger partial charge in [0.2, 0.25) is 0 Å². The fourth-order valence-electron chi connectivity index (χ4n) is 3.09. The van der Waals surface area contributed by atoms with E-state index in [1.165, 1.54) is 11.3 Å². The van der Waals surface area contributed by atoms with E-state index in [2.05, 4.69) is 6.07 Å². The molecule has 1 aromatic carbocycles. The Morgan fingerprint density at radius 2 is 2.09 bits per heavy atom. The molecule has 6 heteroatoms. The zero-order chi connectivity index (χ0) is 16.8. The molecule has 122 valence electrons. The van der Waals surface area contributed by atoms with Crippen LogP contribution in [-0.2, 0) is 4.79 Å². The van der Waals surface area contributed by atoms with Gasteiger partial charge in [-0.1, -0.05) is 17.7 Å². The second-order valence-corrected chi connectivity index (χ2v) is 7.33. The zero-order valence-corrected chi connectivity index (χ0v) is 14.1. The van der Waals surface area contributed by atoms with Crippen LogP contribution in [0.5, 0.6) is 0 Å². The fourth-order valence-corrected chi connectivity index (χ4v) is 4.25. The van der Waals surface area contributed by atoms with E-state index in [4.69, 9.17) is 5.73 Å². The third kappa shape index (κ3) is 2.72. The Labute approximate surface area is 138 Å². The lowest BCUT2D eigenvalue weighted by Gasteiger charge is -2.36. The Balaban J connectivity index is 1.94. The molecular weight excluding hydrogens is 312 g/mol. The van der Waals surface area contributed by atoms with Crippen molar-refractivity contribution in [3.63, 3.8) is 0 Å². The van der Waals surface area contributed by atoms with Crippen molar-refractivity contribution in [2.75, 3.05) is 13.1 Å². The van der Waals surface area contributed by atoms with Crippen LogP contribution in [0.15, 0.2) is 18.2 Å². The first-order chi connectivity index (χ1) is 10.8. The molecule has 1 aromatic heterocycles. The number of hydrogen-bond donors (Lipinski definition) is 2. The minimum atomic E-state index is -1.62. The molecule has 2 aromatic rings. The summed E-state index contributed by atoms with van der Waals surface area (Å²) < 4.78 is 1.07. The number of hydrogen-bond acceptors (Lipinski definition) is 4. The van der Waals surface area contributed by atoms with Crippen molar-refractivity contribution in [1.29, 1.82) is 0 Å². The third-order valence-corrected chi connectivity index (χ3v) is 5.76. The van der Waals surface area contributed by atoms with Gasteiger partial charge in [0.05, 0.1) is 11.4 Å². The van der Waals surface area contributed by atoms with Gasteiger partial charge in [-0.25, -0.2) is 0 Å². The van der Waals surface area contributed by atoms with Crippen LogP contribution in [0.4, 0.5) is 0 Å². The van der Waals surface area contributed by atoms with E-state index in [9.17, 15) is 14.7 Å². The molecule has 2 amide bonds. The number of thiophene rings is 1. The summed E-state index contributed by atoms with van der Waals surface area (Å²) in [4.78, 5) is 26.5. The van der Waals surface area contributed by atoms with Gasteiger partial charge in [-0.3, -0.25) is 9.59 Å². The van der Waals surface area contributed by atoms with Gasteiger partial charge in [0, 0.05) is 11.2 Å². The van der Waals surface area contributed by atoms with Crippen LogP contribution in [0, 0.1) is 13.8 Å². The molecule has 1 unspecified atom stereocenters. The Kier molecular flexibility index (Phi) is 3.90. The van der Waals surface area contributed by atoms with Gasteiger partial charge in [-0.15, -0.1) is 11.3 Å². The first-order valence-corrected chi connectivity index (χ1v) is 8.45. The van der Waals surface area contributed by atoms with Crippen molar-refractivity contribution in [2.24, 2.45) is 5.73 Å². The normalized spacial score (nSPS) is 21.6. The number of piperidine rings is 1. The molecule has 0 aliphatic carbocycles. The molecule has 0 saturated carbocycles. The molecule has 2 heterocycles. The number of primary amides is 1. The molecule has 0 bridgehead atoms. The molecule has 1 atom stereocenters. The van der Waals surface area contributed by atoms with Gasteiger partial charge in [-0.2, -0.15) is 0 Å². The van der Waals surface area contributed by atoms with Gasteiger partial charge in [-0.05, 0) is 43.7 Å². The van der Waals surface area contributed by atoms with Crippen molar-refractivity contribution >= 4 is 33.2 Å². The zero-order valence-electron chi connectivity index (χ0n) is 13.3. The Bertz CT molecular complexity index is 798. The topological polar surface area (TPSA) is 83.6 Å². The number of amides is 2. The van der Waals surface area contributed by atoms with Crippen LogP contribution >= 0.6 is 11.3 Å². The number of aryl methyl sites for hydroxylation is 2. The fraction of sp³-hybridized carbons (Fsp3) is 0.412. The lowest BCUT2D eigenvalue weighted by atomic mass is 9.92. The lowest BCUT2D eigenvalue weighted by Crippen LogP contribution is -2.57. The van der Waals surface area contributed by atoms with Crippen molar-refractivity contribution < 1.29 is 14.7 Å². The summed E-state index contributed by atoms with van der Waals surface area (Å²) in [5.74, 6) is -0.903. The molecular formula is C17H20N2O3S. The van der Waals surface area contributed by atoms with Crippen molar-refractivity contribution in [1.82, 2.24) is 4.90 Å². The average Bonchev–Trinajstić information content (AvgIpc) is 2.83. The summed E-state index contributed by atoms with van der Waals surface area (Å²) >= 11 is 1.45. The van der Waals surface area contributed by atoms with Gasteiger partial charge < -0.3 is 15.7 Å². The monoisotopic (exact) mass is 332 g/mol. The smallest absolute Gasteiger partial charge is 0.264 e. The highest BCUT2D eigenvalue weighted by Crippen LogP contribution is 2.33. The molecule has 1 saturated heterocycles. The lowest BCUT2D eigenvalue weighted by molar-refractivity contribution is -0.140. The molecule has 3 rings (SSSR count). The molecule has 1 aliphatic heterocycles. The predicted molar refractivity (Wildman–Crippen MR) is 90.6 cm³/mol. The van der Waals surface area contributed by atoms with E-state index < -0.39 is 11.5 Å². The molecule has 0 radical (unpaired) electrons. The molecule has 0 spiro atoms. The van der Waals surface area contributed by atoms with Crippen LogP contribution in [0.2, 0.25) is 0 Å². The van der Waals surface area contributed by atoms with Gasteiger partial charge in [0.25, 0.3) is 11.8 Å². The SMILES string of the molecule is Cc1ccc2sc(C(=O)N3CCCC(O)(C(N)=O)C3)c(C)c2c1. The number of aliphatic hydroxyl groups is 1. The van der Waals surface area contributed by atoms with Crippen LogP contribution < -0.4 is 5.73 Å². The number of nitrogens with zero attached hydrogens (tertiary/aromatic N) is 1. The van der Waals surface area contributed by atoms with Crippen molar-refractivity contribution in [2.45, 2.75) is 32.3 Å². The minimum absolute atomic E-state index is 0.0338. The van der Waals surface area contributed by atoms with E-state index in [-0.39, 0.29) is 12.5 Å². The summed E-state index contributed by atoms with van der Waals surface area (Å²) in [5.41, 5.74) is 5.77. The number of carbonyl (C=O) groups is 2. The maximum absolute atomic E-state index is 12.9. The van der Waals surface area contributed by atoms with Crippen molar-refractivity contribution in [3.8, 4) is 0 Å². The Hall–Kier alpha value is -1.92. The van der Waals surface area contributed by atoms with Crippen LogP contribution in [0.25, 0.3) is 10.1 Å². The summed E-state index contributed by atoms with van der Waals surface area (Å²) in [6, 6.07) is 6.13. The Morgan fingerprint density at radius 1 is 1.35 bits per heavy atom. The van der Waals surface area contributed by atoms with E-state index >= 15 is 0 Å². The summed E-state index contributed by atoms with van der Waals surface area (Å²) in [5, 5.41) is 11.4. The van der Waals surface area contributed by atoms with E-state index in [1.807, 2.05) is 26.0 Å². The van der Waals surface area contributed by atoms with Crippen molar-refractivity contribution in [3.05, 3.63) is 34.2 Å². The van der Waals surface area contributed by atoms with Gasteiger partial charge in [0.1, 0.15) is 0 Å². The van der Waals surface area contributed by atoms with E-state index in [0.29, 0.717) is 24.3 Å². The summed E-state index contributed by atoms with van der Waals surface area (Å²) in [7, 11) is 0. The average molecular weight is 332 g/mol. The number of likely N-dealkylation sites (tertiary alicyclic amines) is 1. The van der Waals surface area contributed by atoms with Crippen LogP contribution in [-0.4, -0.2) is 40.5 Å². The highest BCUT2D eigenvalue weighted by molar-refractivity contribution is 7.21. The van der Waals surface area contributed by atoms with Gasteiger partial charge >= 0.3 is 0 Å². The van der Waals surface area contributed by atoms with Crippen LogP contribution in [0.1, 0.15) is 33.6 Å². The quantitative estimate of drug-likeness (QED) is 0.882. The standard InChI is InChI=1S/C17H20N2O3S/c1-10-4-5-13-12(8-10)11(2)14(23-13)15(20)19-7-3-6-17(22,9-19)16(18)21/h4-5,8,22H,3,6-7,9H2,1-2H3,(H2,18,21). The largest absolute Gasteiger partial charge is 0.378 e. The minimum Gasteiger partial charge on any atom is -0.378 e. The highest BCUT2D eigenvalue weighted by Gasteiger charge is 2.40. The van der Waals surface area contributed by atoms with E-state index in [1.54, 1.807) is 4.90 Å². The second kappa shape index (κ2) is 5.62. The predicted octanol–water partition coefficient (Wildman–Crippen LogP) is 1.97. The maximum atomic E-state index is 12.9. The highest BCUT2D eigenvalue weighted by atomic mass is 32.1. The number of carbonyl (C=O) groups excluding carboxylic acids is 2. The number of nitrogens with two attached hydrogens (primary N) is 1. The molecule has 3 N–H and O–H groups in total. The first-order valence-electron chi connectivity index (χ1n) is 7.63. The number of benzene rings is 1. The van der Waals surface area contributed by atoms with Crippen LogP contribution in [0.3, 0.4) is 0 Å². The number of rotatable bonds is 2. The van der Waals surface area contributed by atoms with Gasteiger partial charge in [0.15, 0.2) is 5.60 Å². The number of β-amino-alcohol motifs (C(OH)–C–C–N with tert-alkyl or cyclic N) is 1. The molecule has 1 aliphatic rings. The Morgan fingerprint density at radius 3 is 2.78 bits per heavy atom. The molecule has 23 heavy (non-hydrogen) atoms. The maximum Gasteiger partial charge on any atom is 0.264 e. The number of fused-ring (bicyclic) bond motifs is 1. The first kappa shape index (κ1) is 16.0. The third-order valence-electron chi connectivity index (χ3n) is 4.50. The molecule has 5 nitrogen and oxygen atoms in total. The summed E-state index contributed by atoms with van der Waals surface area (Å²) in [6.45, 7) is 4.46. The summed E-state index contributed by atoms with van der Waals surface area (Å²) in [6.07, 6.45) is 0.866. The second-order valence-electron chi connectivity index (χ2n) is 6.28.